The first-order chi connectivity index (χ1) is 7.97. The summed E-state index contributed by atoms with van der Waals surface area (Å²) >= 11 is 3.47. The van der Waals surface area contributed by atoms with Crippen molar-refractivity contribution in [3.05, 3.63) is 34.4 Å². The molecule has 1 amide bonds. The molecule has 0 heterocycles. The number of hydrogen-bond donors (Lipinski definition) is 1. The van der Waals surface area contributed by atoms with Crippen molar-refractivity contribution >= 4 is 21.8 Å². The zero-order valence-corrected chi connectivity index (χ0v) is 12.1. The Morgan fingerprint density at radius 3 is 2.24 bits per heavy atom. The van der Waals surface area contributed by atoms with Gasteiger partial charge >= 0.3 is 0 Å². The molecule has 0 atom stereocenters. The number of carbonyl (C=O) groups excluding carboxylic acids is 1. The van der Waals surface area contributed by atoms with Gasteiger partial charge in [0.25, 0.3) is 5.91 Å². The van der Waals surface area contributed by atoms with E-state index in [9.17, 15) is 4.79 Å². The maximum absolute atomic E-state index is 12.3. The van der Waals surface area contributed by atoms with Gasteiger partial charge in [-0.15, -0.1) is 0 Å². The second-order valence-electron chi connectivity index (χ2n) is 5.14. The molecule has 2 rings (SSSR count). The Kier molecular flexibility index (Phi) is 3.30. The Bertz CT molecular complexity index is 440. The molecule has 1 saturated carbocycles. The quantitative estimate of drug-likeness (QED) is 0.852. The van der Waals surface area contributed by atoms with E-state index in [4.69, 9.17) is 0 Å². The molecule has 1 aliphatic rings. The average molecular weight is 296 g/mol. The van der Waals surface area contributed by atoms with Gasteiger partial charge in [-0.25, -0.2) is 0 Å². The van der Waals surface area contributed by atoms with Gasteiger partial charge in [0, 0.05) is 10.9 Å². The SMILES string of the molecule is Cc1cc(C)c(C(=O)NC2(CBr)CC2)c(C)c1. The molecule has 3 heteroatoms. The van der Waals surface area contributed by atoms with Gasteiger partial charge in [-0.05, 0) is 44.7 Å². The highest BCUT2D eigenvalue weighted by Gasteiger charge is 2.43. The minimum atomic E-state index is 0.0147. The lowest BCUT2D eigenvalue weighted by Gasteiger charge is -2.17. The van der Waals surface area contributed by atoms with Crippen molar-refractivity contribution in [2.24, 2.45) is 0 Å². The Balaban J connectivity index is 2.25. The fraction of sp³-hybridized carbons (Fsp3) is 0.500. The largest absolute Gasteiger partial charge is 0.346 e. The molecule has 17 heavy (non-hydrogen) atoms. The van der Waals surface area contributed by atoms with E-state index in [2.05, 4.69) is 40.3 Å². The summed E-state index contributed by atoms with van der Waals surface area (Å²) in [6, 6.07) is 4.13. The van der Waals surface area contributed by atoms with Gasteiger partial charge in [-0.1, -0.05) is 33.6 Å². The van der Waals surface area contributed by atoms with E-state index in [0.717, 1.165) is 34.9 Å². The number of carbonyl (C=O) groups is 1. The maximum atomic E-state index is 12.3. The number of benzene rings is 1. The molecular formula is C14H18BrNO. The number of aryl methyl sites for hydroxylation is 3. The van der Waals surface area contributed by atoms with Gasteiger partial charge < -0.3 is 5.32 Å². The van der Waals surface area contributed by atoms with Crippen LogP contribution in [0.4, 0.5) is 0 Å². The van der Waals surface area contributed by atoms with E-state index in [0.29, 0.717) is 0 Å². The van der Waals surface area contributed by atoms with Crippen LogP contribution in [0.25, 0.3) is 0 Å². The first kappa shape index (κ1) is 12.6. The molecule has 92 valence electrons. The molecule has 1 aromatic rings. The zero-order valence-electron chi connectivity index (χ0n) is 10.6. The van der Waals surface area contributed by atoms with Crippen LogP contribution in [0, 0.1) is 20.8 Å². The minimum Gasteiger partial charge on any atom is -0.346 e. The van der Waals surface area contributed by atoms with Crippen molar-refractivity contribution in [3.8, 4) is 0 Å². The lowest BCUT2D eigenvalue weighted by atomic mass is 9.99. The Hall–Kier alpha value is -0.830. The molecular weight excluding hydrogens is 278 g/mol. The van der Waals surface area contributed by atoms with Gasteiger partial charge in [0.2, 0.25) is 0 Å². The van der Waals surface area contributed by atoms with Crippen LogP contribution in [0.3, 0.4) is 0 Å². The first-order valence-corrected chi connectivity index (χ1v) is 7.06. The van der Waals surface area contributed by atoms with Gasteiger partial charge in [0.1, 0.15) is 0 Å². The molecule has 1 aromatic carbocycles. The van der Waals surface area contributed by atoms with E-state index in [1.54, 1.807) is 0 Å². The third-order valence-corrected chi connectivity index (χ3v) is 4.47. The van der Waals surface area contributed by atoms with Crippen LogP contribution in [0.5, 0.6) is 0 Å². The van der Waals surface area contributed by atoms with E-state index in [-0.39, 0.29) is 11.4 Å². The van der Waals surface area contributed by atoms with Gasteiger partial charge in [0.15, 0.2) is 0 Å². The zero-order chi connectivity index (χ0) is 12.6. The number of hydrogen-bond acceptors (Lipinski definition) is 1. The molecule has 0 aromatic heterocycles. The molecule has 1 fully saturated rings. The number of halogens is 1. The van der Waals surface area contributed by atoms with Gasteiger partial charge in [-0.2, -0.15) is 0 Å². The monoisotopic (exact) mass is 295 g/mol. The lowest BCUT2D eigenvalue weighted by Crippen LogP contribution is -2.38. The highest BCUT2D eigenvalue weighted by molar-refractivity contribution is 9.09. The number of alkyl halides is 1. The summed E-state index contributed by atoms with van der Waals surface area (Å²) < 4.78 is 0. The highest BCUT2D eigenvalue weighted by Crippen LogP contribution is 2.37. The van der Waals surface area contributed by atoms with Crippen LogP contribution < -0.4 is 5.32 Å². The first-order valence-electron chi connectivity index (χ1n) is 5.94. The summed E-state index contributed by atoms with van der Waals surface area (Å²) in [5.74, 6) is 0.0666. The van der Waals surface area contributed by atoms with Crippen molar-refractivity contribution in [3.63, 3.8) is 0 Å². The smallest absolute Gasteiger partial charge is 0.252 e. The van der Waals surface area contributed by atoms with Crippen molar-refractivity contribution in [1.82, 2.24) is 5.32 Å². The second kappa shape index (κ2) is 4.45. The number of rotatable bonds is 3. The van der Waals surface area contributed by atoms with E-state index in [1.165, 1.54) is 5.56 Å². The number of nitrogens with one attached hydrogen (secondary N) is 1. The summed E-state index contributed by atoms with van der Waals surface area (Å²) in [5.41, 5.74) is 4.18. The van der Waals surface area contributed by atoms with Crippen molar-refractivity contribution < 1.29 is 4.79 Å². The second-order valence-corrected chi connectivity index (χ2v) is 5.70. The predicted molar refractivity (Wildman–Crippen MR) is 73.9 cm³/mol. The van der Waals surface area contributed by atoms with Crippen LogP contribution in [-0.2, 0) is 0 Å². The molecule has 1 N–H and O–H groups in total. The Morgan fingerprint density at radius 2 is 1.82 bits per heavy atom. The van der Waals surface area contributed by atoms with Crippen molar-refractivity contribution in [2.45, 2.75) is 39.2 Å². The summed E-state index contributed by atoms with van der Waals surface area (Å²) in [7, 11) is 0. The summed E-state index contributed by atoms with van der Waals surface area (Å²) in [5, 5.41) is 3.99. The third-order valence-electron chi connectivity index (χ3n) is 3.39. The van der Waals surface area contributed by atoms with E-state index < -0.39 is 0 Å². The molecule has 0 radical (unpaired) electrons. The summed E-state index contributed by atoms with van der Waals surface area (Å²) in [6.07, 6.45) is 2.15. The molecule has 0 bridgehead atoms. The lowest BCUT2D eigenvalue weighted by molar-refractivity contribution is 0.0935. The van der Waals surface area contributed by atoms with Crippen LogP contribution in [0.2, 0.25) is 0 Å². The van der Waals surface area contributed by atoms with Gasteiger partial charge in [-0.3, -0.25) is 4.79 Å². The minimum absolute atomic E-state index is 0.0147. The molecule has 2 nitrogen and oxygen atoms in total. The number of amides is 1. The van der Waals surface area contributed by atoms with Crippen LogP contribution in [-0.4, -0.2) is 16.8 Å². The maximum Gasteiger partial charge on any atom is 0.252 e. The van der Waals surface area contributed by atoms with Crippen LogP contribution in [0.1, 0.15) is 39.9 Å². The Labute approximate surface area is 111 Å². The average Bonchev–Trinajstić information content (AvgIpc) is 2.96. The fourth-order valence-corrected chi connectivity index (χ4v) is 2.99. The molecule has 0 aliphatic heterocycles. The summed E-state index contributed by atoms with van der Waals surface area (Å²) in [6.45, 7) is 6.06. The van der Waals surface area contributed by atoms with Crippen molar-refractivity contribution in [1.29, 1.82) is 0 Å². The van der Waals surface area contributed by atoms with Crippen molar-refractivity contribution in [2.75, 3.05) is 5.33 Å². The normalized spacial score (nSPS) is 16.7. The van der Waals surface area contributed by atoms with E-state index >= 15 is 0 Å². The van der Waals surface area contributed by atoms with Gasteiger partial charge in [0.05, 0.1) is 5.54 Å². The topological polar surface area (TPSA) is 29.1 Å². The van der Waals surface area contributed by atoms with Crippen LogP contribution >= 0.6 is 15.9 Å². The Morgan fingerprint density at radius 1 is 1.29 bits per heavy atom. The summed E-state index contributed by atoms with van der Waals surface area (Å²) in [4.78, 5) is 12.3. The molecule has 0 spiro atoms. The molecule has 1 aliphatic carbocycles. The standard InChI is InChI=1S/C14H18BrNO/c1-9-6-10(2)12(11(3)7-9)13(17)16-14(8-15)4-5-14/h6-7H,4-5,8H2,1-3H3,(H,16,17). The predicted octanol–water partition coefficient (Wildman–Crippen LogP) is 3.27. The van der Waals surface area contributed by atoms with Crippen LogP contribution in [0.15, 0.2) is 12.1 Å². The fourth-order valence-electron chi connectivity index (χ4n) is 2.28. The molecule has 0 saturated heterocycles. The third kappa shape index (κ3) is 2.54. The molecule has 0 unspecified atom stereocenters. The highest BCUT2D eigenvalue weighted by atomic mass is 79.9. The van der Waals surface area contributed by atoms with E-state index in [1.807, 2.05) is 13.8 Å².